The lowest BCUT2D eigenvalue weighted by Gasteiger charge is -2.14. The van der Waals surface area contributed by atoms with Gasteiger partial charge < -0.3 is 20.6 Å². The summed E-state index contributed by atoms with van der Waals surface area (Å²) in [6.45, 7) is 4.26. The van der Waals surface area contributed by atoms with E-state index in [2.05, 4.69) is 32.5 Å². The number of hydrogen-bond donors (Lipinski definition) is 4. The van der Waals surface area contributed by atoms with Gasteiger partial charge in [-0.15, -0.1) is 0 Å². The van der Waals surface area contributed by atoms with Gasteiger partial charge in [0.25, 0.3) is 5.92 Å². The van der Waals surface area contributed by atoms with E-state index < -0.39 is 5.92 Å². The van der Waals surface area contributed by atoms with E-state index in [4.69, 9.17) is 4.98 Å². The quantitative estimate of drug-likeness (QED) is 0.174. The number of aromatic nitrogens is 4. The molecule has 0 amide bonds. The number of hydrogen-bond acceptors (Lipinski definition) is 4. The van der Waals surface area contributed by atoms with Crippen LogP contribution in [0.4, 0.5) is 8.78 Å². The zero-order valence-corrected chi connectivity index (χ0v) is 24.1. The SMILES string of the molecule is CCC1CCNC1c1nc2ccc(-c3ccc4c(c3)C(F)(F)c3cc(-c5cnc(C6CC7(CC7)CN6)[nH]5)ccc3-4)cc2[nH]1. The number of imidazole rings is 2. The summed E-state index contributed by atoms with van der Waals surface area (Å²) >= 11 is 0. The van der Waals surface area contributed by atoms with Gasteiger partial charge in [0, 0.05) is 23.2 Å². The van der Waals surface area contributed by atoms with Crippen LogP contribution in [-0.2, 0) is 5.92 Å². The number of nitrogens with zero attached hydrogens (tertiary/aromatic N) is 2. The number of nitrogens with one attached hydrogen (secondary N) is 4. The van der Waals surface area contributed by atoms with Crippen LogP contribution in [0.5, 0.6) is 0 Å². The van der Waals surface area contributed by atoms with Crippen molar-refractivity contribution >= 4 is 11.0 Å². The molecule has 3 atom stereocenters. The maximum Gasteiger partial charge on any atom is 0.299 e. The first-order chi connectivity index (χ1) is 20.9. The van der Waals surface area contributed by atoms with Crippen LogP contribution in [-0.4, -0.2) is 33.0 Å². The highest BCUT2D eigenvalue weighted by Crippen LogP contribution is 2.55. The van der Waals surface area contributed by atoms with Crippen molar-refractivity contribution in [2.45, 2.75) is 57.0 Å². The fraction of sp³-hybridized carbons (Fsp3) is 0.371. The highest BCUT2D eigenvalue weighted by atomic mass is 19.3. The van der Waals surface area contributed by atoms with Crippen molar-refractivity contribution < 1.29 is 8.78 Å². The molecule has 3 fully saturated rings. The van der Waals surface area contributed by atoms with Gasteiger partial charge in [0.2, 0.25) is 0 Å². The molecular formula is C35H34F2N6. The van der Waals surface area contributed by atoms with Crippen molar-refractivity contribution in [3.05, 3.63) is 83.6 Å². The average Bonchev–Trinajstić information content (AvgIpc) is 3.58. The van der Waals surface area contributed by atoms with Crippen LogP contribution < -0.4 is 10.6 Å². The highest BCUT2D eigenvalue weighted by molar-refractivity contribution is 5.86. The van der Waals surface area contributed by atoms with Crippen LogP contribution in [0.25, 0.3) is 44.5 Å². The second kappa shape index (κ2) is 9.07. The molecule has 3 aromatic carbocycles. The minimum atomic E-state index is -3.10. The van der Waals surface area contributed by atoms with Gasteiger partial charge in [0.15, 0.2) is 0 Å². The van der Waals surface area contributed by atoms with E-state index in [1.165, 1.54) is 12.8 Å². The molecule has 9 rings (SSSR count). The molecule has 0 bridgehead atoms. The minimum absolute atomic E-state index is 0.0485. The lowest BCUT2D eigenvalue weighted by atomic mass is 9.97. The molecule has 0 radical (unpaired) electrons. The van der Waals surface area contributed by atoms with Crippen molar-refractivity contribution in [3.8, 4) is 33.5 Å². The Kier molecular flexibility index (Phi) is 5.40. The van der Waals surface area contributed by atoms with Gasteiger partial charge in [-0.3, -0.25) is 0 Å². The van der Waals surface area contributed by atoms with E-state index in [0.29, 0.717) is 22.5 Å². The third-order valence-electron chi connectivity index (χ3n) is 10.6. The number of aromatic amines is 2. The van der Waals surface area contributed by atoms with Crippen molar-refractivity contribution in [1.29, 1.82) is 0 Å². The maximum atomic E-state index is 16.1. The van der Waals surface area contributed by atoms with Crippen molar-refractivity contribution in [3.63, 3.8) is 0 Å². The van der Waals surface area contributed by atoms with Gasteiger partial charge in [-0.2, -0.15) is 8.78 Å². The maximum absolute atomic E-state index is 16.1. The summed E-state index contributed by atoms with van der Waals surface area (Å²) in [5, 5.41) is 7.16. The molecular weight excluding hydrogens is 542 g/mol. The normalized spacial score (nSPS) is 24.6. The molecule has 4 N–H and O–H groups in total. The largest absolute Gasteiger partial charge is 0.341 e. The van der Waals surface area contributed by atoms with Gasteiger partial charge in [0.05, 0.1) is 35.0 Å². The Bertz CT molecular complexity index is 1900. The van der Waals surface area contributed by atoms with Crippen LogP contribution >= 0.6 is 0 Å². The molecule has 2 aliphatic heterocycles. The Morgan fingerprint density at radius 1 is 0.860 bits per heavy atom. The lowest BCUT2D eigenvalue weighted by Crippen LogP contribution is -2.18. The Morgan fingerprint density at radius 2 is 1.60 bits per heavy atom. The molecule has 4 aliphatic rings. The number of alkyl halides is 2. The molecule has 1 saturated carbocycles. The zero-order valence-electron chi connectivity index (χ0n) is 24.1. The Hall–Kier alpha value is -3.88. The van der Waals surface area contributed by atoms with Crippen LogP contribution in [0.1, 0.15) is 73.9 Å². The second-order valence-electron chi connectivity index (χ2n) is 13.2. The smallest absolute Gasteiger partial charge is 0.299 e. The summed E-state index contributed by atoms with van der Waals surface area (Å²) < 4.78 is 32.2. The standard InChI is InChI=1S/C35H34F2N6/c1-2-19-9-12-38-31(19)33-41-27-8-5-21(15-28(27)42-33)20-3-6-23-24-7-4-22(14-26(24)35(36,37)25(23)13-20)30-17-39-32(43-30)29-16-34(10-11-34)18-40-29/h3-8,13-15,17,19,29,31,38,40H,2,9-12,16,18H2,1H3,(H,39,43)(H,41,42). The van der Waals surface area contributed by atoms with Crippen molar-refractivity contribution in [2.24, 2.45) is 11.3 Å². The van der Waals surface area contributed by atoms with E-state index in [1.54, 1.807) is 18.3 Å². The number of rotatable bonds is 5. The van der Waals surface area contributed by atoms with Crippen LogP contribution in [0.2, 0.25) is 0 Å². The lowest BCUT2D eigenvalue weighted by molar-refractivity contribution is 0.0481. The fourth-order valence-corrected chi connectivity index (χ4v) is 7.77. The summed E-state index contributed by atoms with van der Waals surface area (Å²) in [5.41, 5.74) is 6.72. The summed E-state index contributed by atoms with van der Waals surface area (Å²) in [4.78, 5) is 16.4. The summed E-state index contributed by atoms with van der Waals surface area (Å²) in [6.07, 6.45) is 7.68. The first-order valence-corrected chi connectivity index (χ1v) is 15.6. The van der Waals surface area contributed by atoms with E-state index in [0.717, 1.165) is 77.4 Å². The summed E-state index contributed by atoms with van der Waals surface area (Å²) in [6, 6.07) is 17.3. The second-order valence-corrected chi connectivity index (χ2v) is 13.2. The molecule has 2 aromatic heterocycles. The molecule has 4 heterocycles. The number of H-pyrrole nitrogens is 2. The van der Waals surface area contributed by atoms with Gasteiger partial charge in [-0.1, -0.05) is 43.7 Å². The predicted molar refractivity (Wildman–Crippen MR) is 164 cm³/mol. The van der Waals surface area contributed by atoms with Gasteiger partial charge >= 0.3 is 0 Å². The number of benzene rings is 3. The summed E-state index contributed by atoms with van der Waals surface area (Å²) in [5.74, 6) is -0.681. The molecule has 2 saturated heterocycles. The molecule has 6 nitrogen and oxygen atoms in total. The van der Waals surface area contributed by atoms with E-state index in [9.17, 15) is 0 Å². The highest BCUT2D eigenvalue weighted by Gasteiger charge is 2.49. The summed E-state index contributed by atoms with van der Waals surface area (Å²) in [7, 11) is 0. The average molecular weight is 577 g/mol. The minimum Gasteiger partial charge on any atom is -0.341 e. The molecule has 8 heteroatoms. The zero-order chi connectivity index (χ0) is 28.9. The van der Waals surface area contributed by atoms with Gasteiger partial charge in [-0.05, 0) is 90.1 Å². The van der Waals surface area contributed by atoms with E-state index >= 15 is 8.78 Å². The number of halogens is 2. The molecule has 3 unspecified atom stereocenters. The Morgan fingerprint density at radius 3 is 2.37 bits per heavy atom. The van der Waals surface area contributed by atoms with Crippen molar-refractivity contribution in [2.75, 3.05) is 13.1 Å². The van der Waals surface area contributed by atoms with Crippen LogP contribution in [0, 0.1) is 11.3 Å². The molecule has 43 heavy (non-hydrogen) atoms. The van der Waals surface area contributed by atoms with E-state index in [-0.39, 0.29) is 23.2 Å². The third kappa shape index (κ3) is 3.96. The van der Waals surface area contributed by atoms with Gasteiger partial charge in [0.1, 0.15) is 11.6 Å². The molecule has 218 valence electrons. The Labute approximate surface area is 248 Å². The monoisotopic (exact) mass is 576 g/mol. The topological polar surface area (TPSA) is 81.4 Å². The molecule has 5 aromatic rings. The van der Waals surface area contributed by atoms with E-state index in [1.807, 2.05) is 42.5 Å². The number of fused-ring (bicyclic) bond motifs is 4. The van der Waals surface area contributed by atoms with Gasteiger partial charge in [-0.25, -0.2) is 9.97 Å². The predicted octanol–water partition coefficient (Wildman–Crippen LogP) is 7.62. The third-order valence-corrected chi connectivity index (χ3v) is 10.6. The fourth-order valence-electron chi connectivity index (χ4n) is 7.77. The molecule has 2 aliphatic carbocycles. The van der Waals surface area contributed by atoms with Crippen LogP contribution in [0.15, 0.2) is 60.8 Å². The first kappa shape index (κ1) is 25.6. The van der Waals surface area contributed by atoms with Crippen LogP contribution in [0.3, 0.4) is 0 Å². The van der Waals surface area contributed by atoms with Crippen molar-refractivity contribution in [1.82, 2.24) is 30.6 Å². The molecule has 1 spiro atoms. The Balaban J connectivity index is 1.02. The first-order valence-electron chi connectivity index (χ1n) is 15.6.